The van der Waals surface area contributed by atoms with E-state index in [0.717, 1.165) is 5.56 Å². The highest BCUT2D eigenvalue weighted by Gasteiger charge is 2.35. The van der Waals surface area contributed by atoms with Crippen molar-refractivity contribution in [3.8, 4) is 11.5 Å². The summed E-state index contributed by atoms with van der Waals surface area (Å²) >= 11 is 20.3. The van der Waals surface area contributed by atoms with Crippen molar-refractivity contribution in [2.24, 2.45) is 4.99 Å². The first-order valence-electron chi connectivity index (χ1n) is 13.9. The molecule has 1 atom stereocenters. The predicted molar refractivity (Wildman–Crippen MR) is 175 cm³/mol. The average Bonchev–Trinajstić information content (AvgIpc) is 3.26. The van der Waals surface area contributed by atoms with Crippen LogP contribution in [0.25, 0.3) is 6.08 Å². The molecule has 0 saturated heterocycles. The van der Waals surface area contributed by atoms with Crippen molar-refractivity contribution in [3.63, 3.8) is 0 Å². The van der Waals surface area contributed by atoms with Crippen LogP contribution in [0.4, 0.5) is 0 Å². The van der Waals surface area contributed by atoms with Crippen LogP contribution in [0.1, 0.15) is 50.4 Å². The smallest absolute Gasteiger partial charge is 0.338 e. The Hall–Kier alpha value is -3.56. The first-order valence-corrected chi connectivity index (χ1v) is 15.8. The Bertz CT molecular complexity index is 1950. The van der Waals surface area contributed by atoms with E-state index < -0.39 is 12.0 Å². The first kappa shape index (κ1) is 31.9. The van der Waals surface area contributed by atoms with Gasteiger partial charge in [0.15, 0.2) is 4.80 Å². The number of benzene rings is 3. The van der Waals surface area contributed by atoms with E-state index in [-0.39, 0.29) is 35.5 Å². The van der Waals surface area contributed by atoms with E-state index in [0.29, 0.717) is 47.7 Å². The van der Waals surface area contributed by atoms with Gasteiger partial charge in [0, 0.05) is 21.2 Å². The first-order chi connectivity index (χ1) is 21.1. The van der Waals surface area contributed by atoms with E-state index in [2.05, 4.69) is 4.99 Å². The summed E-state index contributed by atoms with van der Waals surface area (Å²) < 4.78 is 19.5. The number of carbonyl (C=O) groups excluding carboxylic acids is 1. The third kappa shape index (κ3) is 6.74. The topological polar surface area (TPSA) is 79.1 Å². The number of para-hydroxylation sites is 1. The molecule has 1 aliphatic heterocycles. The van der Waals surface area contributed by atoms with Gasteiger partial charge in [-0.25, -0.2) is 9.79 Å². The molecule has 0 aliphatic carbocycles. The summed E-state index contributed by atoms with van der Waals surface area (Å²) in [5.41, 5.74) is 2.36. The van der Waals surface area contributed by atoms with Crippen LogP contribution in [0, 0.1) is 0 Å². The largest absolute Gasteiger partial charge is 0.491 e. The summed E-state index contributed by atoms with van der Waals surface area (Å²) in [6, 6.07) is 17.1. The Morgan fingerprint density at radius 1 is 1.07 bits per heavy atom. The molecule has 0 radical (unpaired) electrons. The Labute approximate surface area is 273 Å². The van der Waals surface area contributed by atoms with E-state index in [4.69, 9.17) is 49.0 Å². The molecule has 0 N–H and O–H groups in total. The number of allylic oxidation sites excluding steroid dienone is 1. The minimum atomic E-state index is -0.830. The second kappa shape index (κ2) is 13.6. The van der Waals surface area contributed by atoms with Gasteiger partial charge in [0.1, 0.15) is 24.1 Å². The minimum Gasteiger partial charge on any atom is -0.491 e. The van der Waals surface area contributed by atoms with Gasteiger partial charge >= 0.3 is 5.97 Å². The molecular formula is C33H29Cl3N2O5S. The van der Waals surface area contributed by atoms with Crippen LogP contribution >= 0.6 is 46.1 Å². The highest BCUT2D eigenvalue weighted by molar-refractivity contribution is 7.07. The van der Waals surface area contributed by atoms with Gasteiger partial charge in [0.25, 0.3) is 5.56 Å². The molecule has 0 saturated carbocycles. The second-order valence-electron chi connectivity index (χ2n) is 10.2. The Morgan fingerprint density at radius 2 is 1.84 bits per heavy atom. The molecule has 5 rings (SSSR count). The van der Waals surface area contributed by atoms with Crippen LogP contribution in [0.15, 0.2) is 81.7 Å². The number of fused-ring (bicyclic) bond motifs is 1. The summed E-state index contributed by atoms with van der Waals surface area (Å²) in [5.74, 6) is 0.361. The quantitative estimate of drug-likeness (QED) is 0.177. The molecule has 0 fully saturated rings. The predicted octanol–water partition coefficient (Wildman–Crippen LogP) is 7.12. The van der Waals surface area contributed by atoms with Crippen LogP contribution in [0.2, 0.25) is 15.1 Å². The lowest BCUT2D eigenvalue weighted by Gasteiger charge is -2.26. The standard InChI is InChI=1S/C33H29Cl3N2O5S/c1-5-41-32(40)28-19(4)37-33-38(29(28)24-11-6-7-12-26(24)43-18(2)3)31(39)27(44-33)15-21-14-23(35)16-25(36)30(21)42-17-20-9-8-10-22(34)13-20/h6-16,18,29H,5,17H2,1-4H3/b27-15-/t29-/m1/s1. The Balaban J connectivity index is 1.68. The normalized spacial score (nSPS) is 14.8. The number of thiazole rings is 1. The van der Waals surface area contributed by atoms with Crippen LogP contribution in [0.3, 0.4) is 0 Å². The van der Waals surface area contributed by atoms with Crippen LogP contribution in [-0.2, 0) is 16.1 Å². The summed E-state index contributed by atoms with van der Waals surface area (Å²) in [6.45, 7) is 7.66. The van der Waals surface area contributed by atoms with Crippen molar-refractivity contribution in [2.45, 2.75) is 46.4 Å². The van der Waals surface area contributed by atoms with Crippen molar-refractivity contribution in [2.75, 3.05) is 6.61 Å². The molecule has 11 heteroatoms. The van der Waals surface area contributed by atoms with Crippen LogP contribution in [-0.4, -0.2) is 23.2 Å². The van der Waals surface area contributed by atoms with E-state index in [1.54, 1.807) is 44.2 Å². The van der Waals surface area contributed by atoms with Crippen molar-refractivity contribution in [1.82, 2.24) is 4.57 Å². The fourth-order valence-corrected chi connectivity index (χ4v) is 6.73. The molecule has 44 heavy (non-hydrogen) atoms. The van der Waals surface area contributed by atoms with E-state index in [1.165, 1.54) is 15.9 Å². The van der Waals surface area contributed by atoms with Gasteiger partial charge in [-0.05, 0) is 69.7 Å². The summed E-state index contributed by atoms with van der Waals surface area (Å²) in [5, 5.41) is 1.25. The molecule has 1 aliphatic rings. The maximum atomic E-state index is 14.2. The minimum absolute atomic E-state index is 0.138. The highest BCUT2D eigenvalue weighted by atomic mass is 35.5. The van der Waals surface area contributed by atoms with E-state index >= 15 is 0 Å². The average molecular weight is 672 g/mol. The third-order valence-electron chi connectivity index (χ3n) is 6.69. The van der Waals surface area contributed by atoms with Gasteiger partial charge in [-0.2, -0.15) is 0 Å². The molecular weight excluding hydrogens is 643 g/mol. The number of ether oxygens (including phenoxy) is 3. The van der Waals surface area contributed by atoms with E-state index in [1.807, 2.05) is 50.2 Å². The molecule has 7 nitrogen and oxygen atoms in total. The summed E-state index contributed by atoms with van der Waals surface area (Å²) in [4.78, 5) is 32.6. The van der Waals surface area contributed by atoms with Crippen LogP contribution < -0.4 is 24.4 Å². The molecule has 0 spiro atoms. The van der Waals surface area contributed by atoms with Crippen molar-refractivity contribution in [1.29, 1.82) is 0 Å². The fraction of sp³-hybridized carbons (Fsp3) is 0.242. The van der Waals surface area contributed by atoms with Gasteiger partial charge in [0.05, 0.1) is 33.5 Å². The lowest BCUT2D eigenvalue weighted by Crippen LogP contribution is -2.40. The molecule has 3 aromatic carbocycles. The van der Waals surface area contributed by atoms with E-state index in [9.17, 15) is 9.59 Å². The maximum Gasteiger partial charge on any atom is 0.338 e. The van der Waals surface area contributed by atoms with Crippen LogP contribution in [0.5, 0.6) is 11.5 Å². The lowest BCUT2D eigenvalue weighted by atomic mass is 9.95. The number of halogens is 3. The second-order valence-corrected chi connectivity index (χ2v) is 12.5. The number of carbonyl (C=O) groups is 1. The number of esters is 1. The fourth-order valence-electron chi connectivity index (χ4n) is 4.92. The van der Waals surface area contributed by atoms with Crippen molar-refractivity contribution >= 4 is 58.2 Å². The maximum absolute atomic E-state index is 14.2. The zero-order valence-electron chi connectivity index (χ0n) is 24.4. The SMILES string of the molecule is CCOC(=O)C1=C(C)N=c2s/c(=C\c3cc(Cl)cc(Cl)c3OCc3cccc(Cl)c3)c(=O)n2[C@@H]1c1ccccc1OC(C)C. The molecule has 228 valence electrons. The van der Waals surface area contributed by atoms with Gasteiger partial charge in [-0.1, -0.05) is 76.5 Å². The van der Waals surface area contributed by atoms with Gasteiger partial charge in [0.2, 0.25) is 0 Å². The summed E-state index contributed by atoms with van der Waals surface area (Å²) in [7, 11) is 0. The zero-order chi connectivity index (χ0) is 31.5. The van der Waals surface area contributed by atoms with Crippen molar-refractivity contribution < 1.29 is 19.0 Å². The third-order valence-corrected chi connectivity index (χ3v) is 8.41. The number of hydrogen-bond donors (Lipinski definition) is 0. The number of nitrogens with zero attached hydrogens (tertiary/aromatic N) is 2. The molecule has 2 heterocycles. The Kier molecular flexibility index (Phi) is 9.85. The molecule has 1 aromatic heterocycles. The Morgan fingerprint density at radius 3 is 2.57 bits per heavy atom. The lowest BCUT2D eigenvalue weighted by molar-refractivity contribution is -0.139. The summed E-state index contributed by atoms with van der Waals surface area (Å²) in [6.07, 6.45) is 1.53. The monoisotopic (exact) mass is 670 g/mol. The van der Waals surface area contributed by atoms with Gasteiger partial charge < -0.3 is 14.2 Å². The molecule has 4 aromatic rings. The van der Waals surface area contributed by atoms with Gasteiger partial charge in [-0.3, -0.25) is 9.36 Å². The zero-order valence-corrected chi connectivity index (χ0v) is 27.5. The highest BCUT2D eigenvalue weighted by Crippen LogP contribution is 2.37. The number of rotatable bonds is 9. The number of aromatic nitrogens is 1. The van der Waals surface area contributed by atoms with Crippen molar-refractivity contribution in [3.05, 3.63) is 123 Å². The molecule has 0 bridgehead atoms. The number of hydrogen-bond acceptors (Lipinski definition) is 7. The molecule has 0 amide bonds. The van der Waals surface area contributed by atoms with Gasteiger partial charge in [-0.15, -0.1) is 0 Å². The molecule has 0 unspecified atom stereocenters.